The molecule has 0 fully saturated rings. The van der Waals surface area contributed by atoms with Crippen molar-refractivity contribution in [2.45, 2.75) is 515 Å². The Morgan fingerprint density at radius 3 is 0.618 bits per heavy atom. The average Bonchev–Trinajstić information content (AvgIpc) is 0.898. The summed E-state index contributed by atoms with van der Waals surface area (Å²) in [5.41, 5.74) is 0. The number of aliphatic hydroxyl groups is 1. The van der Waals surface area contributed by atoms with E-state index in [1.165, 1.54) is 315 Å². The van der Waals surface area contributed by atoms with Gasteiger partial charge in [0.25, 0.3) is 0 Å². The van der Waals surface area contributed by atoms with Crippen molar-refractivity contribution < 1.29 is 80.2 Å². The molecular weight excluding hydrogens is 1430 g/mol. The van der Waals surface area contributed by atoms with E-state index in [2.05, 4.69) is 34.6 Å². The van der Waals surface area contributed by atoms with E-state index in [1.807, 2.05) is 0 Å². The van der Waals surface area contributed by atoms with Crippen LogP contribution in [0.4, 0.5) is 0 Å². The first-order chi connectivity index (χ1) is 53.5. The molecule has 0 radical (unpaired) electrons. The monoisotopic (exact) mass is 1610 g/mol. The van der Waals surface area contributed by atoms with Gasteiger partial charge in [-0.05, 0) is 31.6 Å². The van der Waals surface area contributed by atoms with Crippen LogP contribution < -0.4 is 0 Å². The molecule has 0 aliphatic carbocycles. The van der Waals surface area contributed by atoms with Crippen molar-refractivity contribution in [2.75, 3.05) is 39.6 Å². The van der Waals surface area contributed by atoms with E-state index in [4.69, 9.17) is 37.0 Å². The molecule has 110 heavy (non-hydrogen) atoms. The maximum absolute atomic E-state index is 13.2. The topological polar surface area (TPSA) is 237 Å². The Morgan fingerprint density at radius 1 is 0.245 bits per heavy atom. The molecule has 17 nitrogen and oxygen atoms in total. The van der Waals surface area contributed by atoms with Gasteiger partial charge in [-0.3, -0.25) is 37.3 Å². The van der Waals surface area contributed by atoms with Gasteiger partial charge in [0.05, 0.1) is 26.4 Å². The highest BCUT2D eigenvalue weighted by Gasteiger charge is 2.31. The first-order valence-corrected chi connectivity index (χ1v) is 50.1. The number of aliphatic hydroxyl groups excluding tert-OH is 1. The van der Waals surface area contributed by atoms with E-state index in [-0.39, 0.29) is 25.7 Å². The lowest BCUT2D eigenvalue weighted by Crippen LogP contribution is -2.30. The van der Waals surface area contributed by atoms with E-state index < -0.39 is 97.5 Å². The Hall–Kier alpha value is -1.94. The van der Waals surface area contributed by atoms with Crippen molar-refractivity contribution in [3.8, 4) is 0 Å². The molecule has 0 aliphatic heterocycles. The van der Waals surface area contributed by atoms with Gasteiger partial charge in [-0.25, -0.2) is 9.13 Å². The number of unbranched alkanes of at least 4 members (excludes halogenated alkanes) is 63. The van der Waals surface area contributed by atoms with Crippen molar-refractivity contribution in [3.63, 3.8) is 0 Å². The van der Waals surface area contributed by atoms with Gasteiger partial charge < -0.3 is 33.8 Å². The van der Waals surface area contributed by atoms with Crippen LogP contribution in [0.25, 0.3) is 0 Å². The van der Waals surface area contributed by atoms with Crippen molar-refractivity contribution >= 4 is 39.5 Å². The number of carbonyl (C=O) groups excluding carboxylic acids is 4. The smallest absolute Gasteiger partial charge is 0.462 e. The van der Waals surface area contributed by atoms with Crippen LogP contribution in [0.2, 0.25) is 0 Å². The molecule has 0 aliphatic rings. The SMILES string of the molecule is CCCCCCCCCCCCCCCCCCCCCCCCC(=O)O[C@H](COC(=O)CCCCCCCCCCCCCCCCCCCCCCC)COP(=O)(O)OC[C@@H](O)COP(=O)(O)OC[C@@H](COC(=O)CCCCCCCCCC(C)C)OC(=O)CCCCCCCCCCCCCCCCCCC. The van der Waals surface area contributed by atoms with E-state index in [1.54, 1.807) is 0 Å². The molecule has 0 amide bonds. The highest BCUT2D eigenvalue weighted by atomic mass is 31.2. The second-order valence-electron chi connectivity index (χ2n) is 33.2. The number of rotatable bonds is 91. The van der Waals surface area contributed by atoms with Crippen molar-refractivity contribution in [3.05, 3.63) is 0 Å². The maximum Gasteiger partial charge on any atom is 0.472 e. The minimum atomic E-state index is -4.97. The minimum absolute atomic E-state index is 0.108. The van der Waals surface area contributed by atoms with Gasteiger partial charge in [0.15, 0.2) is 12.2 Å². The number of hydrogen-bond donors (Lipinski definition) is 3. The summed E-state index contributed by atoms with van der Waals surface area (Å²) in [6.45, 7) is 7.33. The standard InChI is InChI=1S/C91H178O17P2/c1-6-9-12-15-18-21-24-27-30-33-35-37-39-41-44-47-50-53-56-61-67-72-76-90(95)107-86(80-101-88(93)74-69-64-59-54-51-48-45-43-40-38-36-34-31-28-25-22-19-16-13-10-7-2)82-105-109(97,98)103-78-85(92)79-104-110(99,100)106-83-87(81-102-89(94)75-70-65-62-57-58-63-68-73-84(4)5)108-91(96)77-71-66-60-55-52-49-46-42-32-29-26-23-20-17-14-11-8-3/h84-87,92H,6-83H2,1-5H3,(H,97,98)(H,99,100)/t85-,86-,87-/m1/s1. The lowest BCUT2D eigenvalue weighted by Gasteiger charge is -2.21. The lowest BCUT2D eigenvalue weighted by molar-refractivity contribution is -0.161. The molecule has 0 rings (SSSR count). The Balaban J connectivity index is 5.21. The van der Waals surface area contributed by atoms with Crippen LogP contribution in [0.3, 0.4) is 0 Å². The van der Waals surface area contributed by atoms with Gasteiger partial charge in [0.1, 0.15) is 19.3 Å². The lowest BCUT2D eigenvalue weighted by atomic mass is 10.0. The Morgan fingerprint density at radius 2 is 0.418 bits per heavy atom. The van der Waals surface area contributed by atoms with Gasteiger partial charge in [-0.2, -0.15) is 0 Å². The van der Waals surface area contributed by atoms with E-state index >= 15 is 0 Å². The third-order valence-corrected chi connectivity index (χ3v) is 23.4. The number of phosphoric acid groups is 2. The van der Waals surface area contributed by atoms with E-state index in [9.17, 15) is 43.2 Å². The summed E-state index contributed by atoms with van der Waals surface area (Å²) in [7, 11) is -9.93. The number of hydrogen-bond acceptors (Lipinski definition) is 15. The van der Waals surface area contributed by atoms with Gasteiger partial charge in [-0.1, -0.05) is 446 Å². The van der Waals surface area contributed by atoms with Crippen LogP contribution in [0, 0.1) is 5.92 Å². The van der Waals surface area contributed by atoms with E-state index in [0.717, 1.165) is 96.3 Å². The fraction of sp³-hybridized carbons (Fsp3) is 0.956. The molecule has 654 valence electrons. The molecule has 0 heterocycles. The second kappa shape index (κ2) is 83.5. The van der Waals surface area contributed by atoms with Crippen molar-refractivity contribution in [2.24, 2.45) is 5.92 Å². The number of carbonyl (C=O) groups is 4. The molecule has 19 heteroatoms. The summed E-state index contributed by atoms with van der Waals surface area (Å²) in [6.07, 6.45) is 79.5. The van der Waals surface area contributed by atoms with Crippen molar-refractivity contribution in [1.29, 1.82) is 0 Å². The molecule has 0 saturated heterocycles. The molecule has 0 aromatic rings. The molecule has 0 aromatic carbocycles. The summed E-state index contributed by atoms with van der Waals surface area (Å²) >= 11 is 0. The fourth-order valence-corrected chi connectivity index (χ4v) is 15.9. The third-order valence-electron chi connectivity index (χ3n) is 21.5. The van der Waals surface area contributed by atoms with E-state index in [0.29, 0.717) is 31.6 Å². The van der Waals surface area contributed by atoms with Gasteiger partial charge >= 0.3 is 39.5 Å². The summed E-state index contributed by atoms with van der Waals surface area (Å²) in [5, 5.41) is 10.7. The molecule has 5 atom stereocenters. The number of phosphoric ester groups is 2. The first-order valence-electron chi connectivity index (χ1n) is 47.1. The molecule has 0 aromatic heterocycles. The summed E-state index contributed by atoms with van der Waals surface area (Å²) in [6, 6.07) is 0. The molecular formula is C91H178O17P2. The zero-order valence-corrected chi connectivity index (χ0v) is 74.2. The highest BCUT2D eigenvalue weighted by Crippen LogP contribution is 2.45. The van der Waals surface area contributed by atoms with Crippen LogP contribution >= 0.6 is 15.6 Å². The highest BCUT2D eigenvalue weighted by molar-refractivity contribution is 7.47. The average molecular weight is 1610 g/mol. The molecule has 3 N–H and O–H groups in total. The predicted molar refractivity (Wildman–Crippen MR) is 455 cm³/mol. The van der Waals surface area contributed by atoms with Gasteiger partial charge in [-0.15, -0.1) is 0 Å². The quantitative estimate of drug-likeness (QED) is 0.0222. The molecule has 0 spiro atoms. The van der Waals surface area contributed by atoms with Crippen LogP contribution in [0.5, 0.6) is 0 Å². The van der Waals surface area contributed by atoms with Crippen LogP contribution in [0.15, 0.2) is 0 Å². The number of ether oxygens (including phenoxy) is 4. The molecule has 0 bridgehead atoms. The molecule has 0 saturated carbocycles. The largest absolute Gasteiger partial charge is 0.472 e. The maximum atomic E-state index is 13.2. The normalized spacial score (nSPS) is 13.7. The second-order valence-corrected chi connectivity index (χ2v) is 36.1. The van der Waals surface area contributed by atoms with Crippen molar-refractivity contribution in [1.82, 2.24) is 0 Å². The zero-order chi connectivity index (χ0) is 80.4. The van der Waals surface area contributed by atoms with Gasteiger partial charge in [0.2, 0.25) is 0 Å². The third kappa shape index (κ3) is 84.0. The van der Waals surface area contributed by atoms with Gasteiger partial charge in [0, 0.05) is 25.7 Å². The Bertz CT molecular complexity index is 2080. The predicted octanol–water partition coefficient (Wildman–Crippen LogP) is 28.3. The minimum Gasteiger partial charge on any atom is -0.462 e. The van der Waals surface area contributed by atoms with Crippen LogP contribution in [-0.2, 0) is 65.4 Å². The van der Waals surface area contributed by atoms with Crippen LogP contribution in [-0.4, -0.2) is 96.7 Å². The zero-order valence-electron chi connectivity index (χ0n) is 72.4. The molecule has 2 unspecified atom stereocenters. The fourth-order valence-electron chi connectivity index (χ4n) is 14.4. The summed E-state index contributed by atoms with van der Waals surface area (Å²) in [5.74, 6) is -1.39. The first kappa shape index (κ1) is 108. The Kier molecular flexibility index (Phi) is 82.1. The Labute approximate surface area is 677 Å². The van der Waals surface area contributed by atoms with Crippen LogP contribution in [0.1, 0.15) is 497 Å². The summed E-state index contributed by atoms with van der Waals surface area (Å²) < 4.78 is 69.0. The summed E-state index contributed by atoms with van der Waals surface area (Å²) in [4.78, 5) is 73.4. The number of esters is 4.